The highest BCUT2D eigenvalue weighted by Crippen LogP contribution is 2.25. The molecule has 1 N–H and O–H groups in total. The highest BCUT2D eigenvalue weighted by Gasteiger charge is 2.20. The summed E-state index contributed by atoms with van der Waals surface area (Å²) in [7, 11) is 2.10. The Balaban J connectivity index is 1.57. The Morgan fingerprint density at radius 3 is 2.61 bits per heavy atom. The Hall–Kier alpha value is -2.25. The van der Waals surface area contributed by atoms with Gasteiger partial charge in [0, 0.05) is 44.7 Å². The van der Waals surface area contributed by atoms with Crippen LogP contribution in [-0.4, -0.2) is 80.1 Å². The first-order valence-corrected chi connectivity index (χ1v) is 10.1. The molecule has 0 saturated carbocycles. The third-order valence-corrected chi connectivity index (χ3v) is 5.74. The summed E-state index contributed by atoms with van der Waals surface area (Å²) in [6, 6.07) is 6.28. The van der Waals surface area contributed by atoms with Crippen molar-refractivity contribution in [3.8, 4) is 0 Å². The molecule has 2 saturated heterocycles. The van der Waals surface area contributed by atoms with Crippen molar-refractivity contribution < 1.29 is 9.18 Å². The van der Waals surface area contributed by atoms with Gasteiger partial charge in [-0.2, -0.15) is 0 Å². The number of piperazine rings is 1. The second-order valence-electron chi connectivity index (χ2n) is 7.78. The molecule has 1 aromatic heterocycles. The molecule has 2 aliphatic rings. The van der Waals surface area contributed by atoms with Crippen molar-refractivity contribution in [2.45, 2.75) is 12.8 Å². The molecule has 4 rings (SSSR count). The minimum absolute atomic E-state index is 0.160. The SMILES string of the molecule is CN1CCN(c2cc(C(=O)NCCN3CCCC3)c3cc(F)ccc3n2)CC1. The number of amides is 1. The van der Waals surface area contributed by atoms with Crippen LogP contribution >= 0.6 is 0 Å². The molecule has 0 spiro atoms. The molecule has 1 amide bonds. The number of aromatic nitrogens is 1. The van der Waals surface area contributed by atoms with Crippen LogP contribution in [-0.2, 0) is 0 Å². The van der Waals surface area contributed by atoms with E-state index in [1.807, 2.05) is 6.07 Å². The molecule has 150 valence electrons. The topological polar surface area (TPSA) is 51.7 Å². The van der Waals surface area contributed by atoms with Crippen molar-refractivity contribution in [2.75, 3.05) is 64.3 Å². The second kappa shape index (κ2) is 8.41. The average Bonchev–Trinajstić information content (AvgIpc) is 3.21. The lowest BCUT2D eigenvalue weighted by molar-refractivity contribution is 0.0951. The summed E-state index contributed by atoms with van der Waals surface area (Å²) in [6.45, 7) is 7.31. The fraction of sp³-hybridized carbons (Fsp3) is 0.524. The number of nitrogens with one attached hydrogen (secondary N) is 1. The third-order valence-electron chi connectivity index (χ3n) is 5.74. The molecular weight excluding hydrogens is 357 g/mol. The molecule has 0 radical (unpaired) electrons. The molecule has 3 heterocycles. The molecule has 0 aliphatic carbocycles. The summed E-state index contributed by atoms with van der Waals surface area (Å²) in [5, 5.41) is 3.58. The summed E-state index contributed by atoms with van der Waals surface area (Å²) >= 11 is 0. The molecule has 7 heteroatoms. The number of nitrogens with zero attached hydrogens (tertiary/aromatic N) is 4. The van der Waals surface area contributed by atoms with Crippen LogP contribution in [0.3, 0.4) is 0 Å². The van der Waals surface area contributed by atoms with E-state index in [-0.39, 0.29) is 11.7 Å². The number of carbonyl (C=O) groups is 1. The number of carbonyl (C=O) groups excluding carboxylic acids is 1. The molecule has 2 fully saturated rings. The van der Waals surface area contributed by atoms with Crippen molar-refractivity contribution >= 4 is 22.6 Å². The fourth-order valence-electron chi connectivity index (χ4n) is 4.00. The number of hydrogen-bond acceptors (Lipinski definition) is 5. The Bertz CT molecular complexity index is 844. The van der Waals surface area contributed by atoms with E-state index in [4.69, 9.17) is 4.98 Å². The first-order valence-electron chi connectivity index (χ1n) is 10.1. The van der Waals surface area contributed by atoms with E-state index in [0.29, 0.717) is 23.0 Å². The van der Waals surface area contributed by atoms with Gasteiger partial charge < -0.3 is 20.0 Å². The normalized spacial score (nSPS) is 18.7. The van der Waals surface area contributed by atoms with Crippen molar-refractivity contribution in [3.63, 3.8) is 0 Å². The van der Waals surface area contributed by atoms with Crippen LogP contribution < -0.4 is 10.2 Å². The quantitative estimate of drug-likeness (QED) is 0.853. The van der Waals surface area contributed by atoms with E-state index < -0.39 is 0 Å². The number of likely N-dealkylation sites (tertiary alicyclic amines) is 1. The average molecular weight is 385 g/mol. The standard InChI is InChI=1S/C21H28FN5O/c1-25-10-12-27(13-11-25)20-15-18(17-14-16(22)4-5-19(17)24-20)21(28)23-6-9-26-7-2-3-8-26/h4-5,14-15H,2-3,6-13H2,1H3,(H,23,28). The van der Waals surface area contributed by atoms with Crippen LogP contribution in [0.15, 0.2) is 24.3 Å². The van der Waals surface area contributed by atoms with Gasteiger partial charge in [-0.05, 0) is 57.2 Å². The van der Waals surface area contributed by atoms with E-state index in [9.17, 15) is 9.18 Å². The minimum atomic E-state index is -0.354. The van der Waals surface area contributed by atoms with E-state index >= 15 is 0 Å². The lowest BCUT2D eigenvalue weighted by Gasteiger charge is -2.33. The zero-order valence-corrected chi connectivity index (χ0v) is 16.5. The summed E-state index contributed by atoms with van der Waals surface area (Å²) < 4.78 is 13.9. The second-order valence-corrected chi connectivity index (χ2v) is 7.78. The van der Waals surface area contributed by atoms with Gasteiger partial charge in [-0.15, -0.1) is 0 Å². The van der Waals surface area contributed by atoms with Gasteiger partial charge in [0.25, 0.3) is 5.91 Å². The number of likely N-dealkylation sites (N-methyl/N-ethyl adjacent to an activating group) is 1. The van der Waals surface area contributed by atoms with E-state index in [1.165, 1.54) is 25.0 Å². The van der Waals surface area contributed by atoms with Crippen molar-refractivity contribution in [3.05, 3.63) is 35.6 Å². The molecule has 2 aromatic rings. The lowest BCUT2D eigenvalue weighted by Crippen LogP contribution is -2.45. The number of halogens is 1. The molecule has 1 aromatic carbocycles. The summed E-state index contributed by atoms with van der Waals surface area (Å²) in [5.74, 6) is 0.275. The van der Waals surface area contributed by atoms with E-state index in [1.54, 1.807) is 6.07 Å². The lowest BCUT2D eigenvalue weighted by atomic mass is 10.1. The van der Waals surface area contributed by atoms with Gasteiger partial charge in [-0.25, -0.2) is 9.37 Å². The summed E-state index contributed by atoms with van der Waals surface area (Å²) in [4.78, 5) is 24.5. The van der Waals surface area contributed by atoms with Gasteiger partial charge in [-0.1, -0.05) is 0 Å². The van der Waals surface area contributed by atoms with Crippen LogP contribution in [0.5, 0.6) is 0 Å². The first kappa shape index (κ1) is 19.1. The Morgan fingerprint density at radius 1 is 1.11 bits per heavy atom. The Kier molecular flexibility index (Phi) is 5.73. The van der Waals surface area contributed by atoms with E-state index in [2.05, 4.69) is 27.1 Å². The fourth-order valence-corrected chi connectivity index (χ4v) is 4.00. The Morgan fingerprint density at radius 2 is 1.86 bits per heavy atom. The number of fused-ring (bicyclic) bond motifs is 1. The van der Waals surface area contributed by atoms with Crippen molar-refractivity contribution in [1.82, 2.24) is 20.1 Å². The molecule has 28 heavy (non-hydrogen) atoms. The maximum atomic E-state index is 13.9. The van der Waals surface area contributed by atoms with Gasteiger partial charge in [-0.3, -0.25) is 4.79 Å². The minimum Gasteiger partial charge on any atom is -0.354 e. The van der Waals surface area contributed by atoms with Crippen LogP contribution in [0.25, 0.3) is 10.9 Å². The summed E-state index contributed by atoms with van der Waals surface area (Å²) in [5.41, 5.74) is 1.15. The Labute approximate surface area is 165 Å². The molecule has 0 atom stereocenters. The van der Waals surface area contributed by atoms with Gasteiger partial charge >= 0.3 is 0 Å². The van der Waals surface area contributed by atoms with Crippen LogP contribution in [0.4, 0.5) is 10.2 Å². The highest BCUT2D eigenvalue weighted by molar-refractivity contribution is 6.07. The third kappa shape index (κ3) is 4.25. The number of pyridine rings is 1. The molecule has 0 bridgehead atoms. The van der Waals surface area contributed by atoms with E-state index in [0.717, 1.165) is 51.6 Å². The predicted octanol–water partition coefficient (Wildman–Crippen LogP) is 1.95. The number of hydrogen-bond donors (Lipinski definition) is 1. The predicted molar refractivity (Wildman–Crippen MR) is 109 cm³/mol. The summed E-state index contributed by atoms with van der Waals surface area (Å²) in [6.07, 6.45) is 2.47. The largest absolute Gasteiger partial charge is 0.354 e. The van der Waals surface area contributed by atoms with Crippen molar-refractivity contribution in [1.29, 1.82) is 0 Å². The van der Waals surface area contributed by atoms with Gasteiger partial charge in [0.2, 0.25) is 0 Å². The molecular formula is C21H28FN5O. The van der Waals surface area contributed by atoms with Crippen LogP contribution in [0.1, 0.15) is 23.2 Å². The molecule has 6 nitrogen and oxygen atoms in total. The number of anilines is 1. The first-order chi connectivity index (χ1) is 13.6. The number of rotatable bonds is 5. The zero-order chi connectivity index (χ0) is 19.5. The maximum absolute atomic E-state index is 13.9. The molecule has 2 aliphatic heterocycles. The van der Waals surface area contributed by atoms with Crippen LogP contribution in [0, 0.1) is 5.82 Å². The van der Waals surface area contributed by atoms with Gasteiger partial charge in [0.1, 0.15) is 11.6 Å². The van der Waals surface area contributed by atoms with Gasteiger partial charge in [0.15, 0.2) is 0 Å². The van der Waals surface area contributed by atoms with Gasteiger partial charge in [0.05, 0.1) is 11.1 Å². The number of benzene rings is 1. The smallest absolute Gasteiger partial charge is 0.252 e. The zero-order valence-electron chi connectivity index (χ0n) is 16.5. The van der Waals surface area contributed by atoms with Crippen LogP contribution in [0.2, 0.25) is 0 Å². The molecule has 0 unspecified atom stereocenters. The monoisotopic (exact) mass is 385 g/mol. The maximum Gasteiger partial charge on any atom is 0.252 e. The highest BCUT2D eigenvalue weighted by atomic mass is 19.1. The van der Waals surface area contributed by atoms with Crippen molar-refractivity contribution in [2.24, 2.45) is 0 Å².